The molecule has 0 unspecified atom stereocenters. The van der Waals surface area contributed by atoms with Crippen molar-refractivity contribution in [2.75, 3.05) is 0 Å². The van der Waals surface area contributed by atoms with Crippen LogP contribution in [-0.2, 0) is 19.4 Å². The van der Waals surface area contributed by atoms with E-state index >= 15 is 0 Å². The molecular weight excluding hydrogens is 328 g/mol. The summed E-state index contributed by atoms with van der Waals surface area (Å²) in [7, 11) is 0. The Morgan fingerprint density at radius 2 is 1.81 bits per heavy atom. The molecule has 21 heavy (non-hydrogen) atoms. The highest BCUT2D eigenvalue weighted by molar-refractivity contribution is 9.10. The van der Waals surface area contributed by atoms with Crippen LogP contribution in [0, 0.1) is 0 Å². The second kappa shape index (κ2) is 6.44. The molecule has 0 N–H and O–H groups in total. The van der Waals surface area contributed by atoms with Crippen molar-refractivity contribution in [2.45, 2.75) is 32.3 Å². The largest absolute Gasteiger partial charge is 0.487 e. The van der Waals surface area contributed by atoms with Gasteiger partial charge in [0.05, 0.1) is 4.47 Å². The van der Waals surface area contributed by atoms with E-state index in [4.69, 9.17) is 4.74 Å². The number of rotatable bonds is 4. The second-order valence-electron chi connectivity index (χ2n) is 5.33. The predicted octanol–water partition coefficient (Wildman–Crippen LogP) is 4.72. The molecule has 0 aromatic heterocycles. The summed E-state index contributed by atoms with van der Waals surface area (Å²) < 4.78 is 6.93. The molecule has 108 valence electrons. The maximum Gasteiger partial charge on any atom is 0.150 e. The predicted molar refractivity (Wildman–Crippen MR) is 86.9 cm³/mol. The van der Waals surface area contributed by atoms with Gasteiger partial charge in [0.15, 0.2) is 0 Å². The number of halogens is 1. The average molecular weight is 345 g/mol. The molecule has 0 saturated carbocycles. The quantitative estimate of drug-likeness (QED) is 0.750. The Kier molecular flexibility index (Phi) is 4.39. The number of benzene rings is 2. The van der Waals surface area contributed by atoms with Gasteiger partial charge >= 0.3 is 0 Å². The van der Waals surface area contributed by atoms with Gasteiger partial charge < -0.3 is 4.74 Å². The Bertz CT molecular complexity index is 650. The van der Waals surface area contributed by atoms with E-state index in [1.165, 1.54) is 11.1 Å². The highest BCUT2D eigenvalue weighted by Gasteiger charge is 2.20. The Labute approximate surface area is 133 Å². The highest BCUT2D eigenvalue weighted by atomic mass is 79.9. The first-order chi connectivity index (χ1) is 10.3. The maximum atomic E-state index is 11.3. The van der Waals surface area contributed by atoms with Crippen LogP contribution in [0.2, 0.25) is 0 Å². The van der Waals surface area contributed by atoms with E-state index < -0.39 is 0 Å². The van der Waals surface area contributed by atoms with E-state index in [9.17, 15) is 4.79 Å². The van der Waals surface area contributed by atoms with Gasteiger partial charge in [0, 0.05) is 5.56 Å². The van der Waals surface area contributed by atoms with Crippen molar-refractivity contribution in [2.24, 2.45) is 0 Å². The molecule has 2 nitrogen and oxygen atoms in total. The van der Waals surface area contributed by atoms with Crippen molar-refractivity contribution < 1.29 is 9.53 Å². The average Bonchev–Trinajstić information content (AvgIpc) is 2.54. The standard InChI is InChI=1S/C18H17BrO2/c19-17-10-14(11-20)15-8-4-5-9-16(15)18(17)21-12-13-6-2-1-3-7-13/h1-3,6-7,10-11H,4-5,8-9,12H2. The first kappa shape index (κ1) is 14.3. The zero-order valence-corrected chi connectivity index (χ0v) is 13.4. The van der Waals surface area contributed by atoms with Crippen LogP contribution in [0.4, 0.5) is 0 Å². The number of carbonyl (C=O) groups excluding carboxylic acids is 1. The molecule has 1 aliphatic rings. The van der Waals surface area contributed by atoms with E-state index in [0.29, 0.717) is 6.61 Å². The molecule has 2 aromatic rings. The summed E-state index contributed by atoms with van der Waals surface area (Å²) in [5.41, 5.74) is 4.31. The SMILES string of the molecule is O=Cc1cc(Br)c(OCc2ccccc2)c2c1CCCC2. The van der Waals surface area contributed by atoms with Gasteiger partial charge in [0.1, 0.15) is 18.6 Å². The topological polar surface area (TPSA) is 26.3 Å². The third-order valence-electron chi connectivity index (χ3n) is 3.94. The number of hydrogen-bond donors (Lipinski definition) is 0. The van der Waals surface area contributed by atoms with Crippen LogP contribution in [0.5, 0.6) is 5.75 Å². The summed E-state index contributed by atoms with van der Waals surface area (Å²) in [6.07, 6.45) is 5.21. The summed E-state index contributed by atoms with van der Waals surface area (Å²) in [5.74, 6) is 0.902. The van der Waals surface area contributed by atoms with E-state index in [1.54, 1.807) is 0 Å². The Morgan fingerprint density at radius 1 is 1.10 bits per heavy atom. The minimum Gasteiger partial charge on any atom is -0.487 e. The molecule has 0 bridgehead atoms. The van der Waals surface area contributed by atoms with Gasteiger partial charge in [-0.1, -0.05) is 30.3 Å². The molecule has 0 spiro atoms. The zero-order chi connectivity index (χ0) is 14.7. The molecule has 0 aliphatic heterocycles. The minimum atomic E-state index is 0.548. The van der Waals surface area contributed by atoms with Gasteiger partial charge in [0.2, 0.25) is 0 Å². The van der Waals surface area contributed by atoms with Gasteiger partial charge in [-0.3, -0.25) is 4.79 Å². The fourth-order valence-corrected chi connectivity index (χ4v) is 3.50. The molecule has 1 aliphatic carbocycles. The highest BCUT2D eigenvalue weighted by Crippen LogP contribution is 2.38. The monoisotopic (exact) mass is 344 g/mol. The van der Waals surface area contributed by atoms with Crippen molar-refractivity contribution in [3.8, 4) is 5.75 Å². The lowest BCUT2D eigenvalue weighted by molar-refractivity contribution is 0.112. The van der Waals surface area contributed by atoms with Crippen molar-refractivity contribution in [3.63, 3.8) is 0 Å². The van der Waals surface area contributed by atoms with Crippen LogP contribution in [0.15, 0.2) is 40.9 Å². The number of fused-ring (bicyclic) bond motifs is 1. The van der Waals surface area contributed by atoms with E-state index in [0.717, 1.165) is 53.3 Å². The molecular formula is C18H17BrO2. The van der Waals surface area contributed by atoms with Gasteiger partial charge in [-0.2, -0.15) is 0 Å². The van der Waals surface area contributed by atoms with Crippen molar-refractivity contribution in [1.82, 2.24) is 0 Å². The summed E-state index contributed by atoms with van der Waals surface area (Å²) >= 11 is 3.56. The molecule has 0 heterocycles. The van der Waals surface area contributed by atoms with Gasteiger partial charge in [-0.25, -0.2) is 0 Å². The normalized spacial score (nSPS) is 13.6. The van der Waals surface area contributed by atoms with Crippen LogP contribution < -0.4 is 4.74 Å². The zero-order valence-electron chi connectivity index (χ0n) is 11.8. The van der Waals surface area contributed by atoms with Crippen molar-refractivity contribution >= 4 is 22.2 Å². The Hall–Kier alpha value is -1.61. The summed E-state index contributed by atoms with van der Waals surface area (Å²) in [5, 5.41) is 0. The lowest BCUT2D eigenvalue weighted by Gasteiger charge is -2.22. The van der Waals surface area contributed by atoms with Gasteiger partial charge in [-0.15, -0.1) is 0 Å². The maximum absolute atomic E-state index is 11.3. The molecule has 0 amide bonds. The van der Waals surface area contributed by atoms with E-state index in [2.05, 4.69) is 28.1 Å². The van der Waals surface area contributed by atoms with Crippen LogP contribution in [0.25, 0.3) is 0 Å². The lowest BCUT2D eigenvalue weighted by Crippen LogP contribution is -2.10. The summed E-state index contributed by atoms with van der Waals surface area (Å²) in [6.45, 7) is 0.548. The van der Waals surface area contributed by atoms with Crippen LogP contribution in [0.3, 0.4) is 0 Å². The fraction of sp³-hybridized carbons (Fsp3) is 0.278. The van der Waals surface area contributed by atoms with Gasteiger partial charge in [-0.05, 0) is 64.4 Å². The summed E-state index contributed by atoms with van der Waals surface area (Å²) in [4.78, 5) is 11.3. The number of carbonyl (C=O) groups is 1. The number of ether oxygens (including phenoxy) is 1. The summed E-state index contributed by atoms with van der Waals surface area (Å²) in [6, 6.07) is 12.0. The molecule has 0 atom stereocenters. The minimum absolute atomic E-state index is 0.548. The molecule has 2 aromatic carbocycles. The molecule has 3 heteroatoms. The van der Waals surface area contributed by atoms with E-state index in [1.807, 2.05) is 24.3 Å². The fourth-order valence-electron chi connectivity index (χ4n) is 2.90. The molecule has 0 saturated heterocycles. The first-order valence-corrected chi connectivity index (χ1v) is 8.05. The van der Waals surface area contributed by atoms with E-state index in [-0.39, 0.29) is 0 Å². The number of aldehydes is 1. The van der Waals surface area contributed by atoms with Crippen LogP contribution in [-0.4, -0.2) is 6.29 Å². The third kappa shape index (κ3) is 3.03. The Morgan fingerprint density at radius 3 is 2.52 bits per heavy atom. The first-order valence-electron chi connectivity index (χ1n) is 7.25. The Balaban J connectivity index is 1.92. The molecule has 0 radical (unpaired) electrons. The van der Waals surface area contributed by atoms with Gasteiger partial charge in [0.25, 0.3) is 0 Å². The van der Waals surface area contributed by atoms with Crippen LogP contribution in [0.1, 0.15) is 39.9 Å². The molecule has 0 fully saturated rings. The lowest BCUT2D eigenvalue weighted by atomic mass is 9.88. The van der Waals surface area contributed by atoms with Crippen LogP contribution >= 0.6 is 15.9 Å². The van der Waals surface area contributed by atoms with Crippen molar-refractivity contribution in [3.05, 3.63) is 63.1 Å². The van der Waals surface area contributed by atoms with Crippen molar-refractivity contribution in [1.29, 1.82) is 0 Å². The third-order valence-corrected chi connectivity index (χ3v) is 4.53. The number of hydrogen-bond acceptors (Lipinski definition) is 2. The second-order valence-corrected chi connectivity index (χ2v) is 6.19. The smallest absolute Gasteiger partial charge is 0.150 e. The molecule has 3 rings (SSSR count).